The molecule has 0 radical (unpaired) electrons. The predicted octanol–water partition coefficient (Wildman–Crippen LogP) is 8.93. The van der Waals surface area contributed by atoms with Crippen molar-refractivity contribution in [3.8, 4) is 11.1 Å². The highest BCUT2D eigenvalue weighted by Crippen LogP contribution is 2.41. The molecule has 2 atom stereocenters. The number of anilines is 1. The highest BCUT2D eigenvalue weighted by molar-refractivity contribution is 6.03. The molecule has 4 nitrogen and oxygen atoms in total. The molecule has 2 heterocycles. The van der Waals surface area contributed by atoms with Crippen LogP contribution in [0.1, 0.15) is 74.0 Å². The first kappa shape index (κ1) is 33.2. The monoisotopic (exact) mass is 621 g/mol. The van der Waals surface area contributed by atoms with Gasteiger partial charge in [0.05, 0.1) is 40.2 Å². The van der Waals surface area contributed by atoms with Crippen LogP contribution >= 0.6 is 0 Å². The minimum atomic E-state index is -5.06. The Hall–Kier alpha value is -3.73. The van der Waals surface area contributed by atoms with E-state index >= 15 is 0 Å². The first-order chi connectivity index (χ1) is 20.3. The van der Waals surface area contributed by atoms with E-state index in [-0.39, 0.29) is 23.8 Å². The van der Waals surface area contributed by atoms with E-state index in [1.807, 2.05) is 6.92 Å². The summed E-state index contributed by atoms with van der Waals surface area (Å²) in [7, 11) is 1.39. The normalized spacial score (nSPS) is 17.5. The summed E-state index contributed by atoms with van der Waals surface area (Å²) in [6.45, 7) is 10.4. The van der Waals surface area contributed by atoms with Crippen LogP contribution in [0, 0.1) is 12.7 Å². The number of pyridine rings is 1. The molecular weight excluding hydrogens is 587 g/mol. The molecule has 0 aliphatic carbocycles. The third kappa shape index (κ3) is 6.67. The molecular formula is C33H34F7N3O. The van der Waals surface area contributed by atoms with E-state index in [1.165, 1.54) is 44.1 Å². The molecule has 236 valence electrons. The van der Waals surface area contributed by atoms with E-state index in [4.69, 9.17) is 0 Å². The first-order valence-electron chi connectivity index (χ1n) is 14.1. The topological polar surface area (TPSA) is 45.2 Å². The maximum absolute atomic E-state index is 14.0. The van der Waals surface area contributed by atoms with Crippen molar-refractivity contribution < 1.29 is 35.5 Å². The quantitative estimate of drug-likeness (QED) is 0.212. The highest BCUT2D eigenvalue weighted by atomic mass is 19.4. The van der Waals surface area contributed by atoms with Gasteiger partial charge in [0.1, 0.15) is 5.82 Å². The summed E-state index contributed by atoms with van der Waals surface area (Å²) in [5.41, 5.74) is -1.61. The highest BCUT2D eigenvalue weighted by Gasteiger charge is 2.41. The van der Waals surface area contributed by atoms with Crippen LogP contribution in [-0.4, -0.2) is 24.0 Å². The second kappa shape index (κ2) is 12.0. The molecule has 1 saturated heterocycles. The number of alkyl halides is 6. The molecule has 0 bridgehead atoms. The van der Waals surface area contributed by atoms with Crippen molar-refractivity contribution in [3.63, 3.8) is 0 Å². The van der Waals surface area contributed by atoms with Crippen LogP contribution < -0.4 is 10.2 Å². The summed E-state index contributed by atoms with van der Waals surface area (Å²) in [5, 5.41) is 3.53. The number of likely N-dealkylation sites (N-methyl/N-ethyl adjacent to an activating group) is 1. The predicted molar refractivity (Wildman–Crippen MR) is 156 cm³/mol. The van der Waals surface area contributed by atoms with E-state index in [2.05, 4.69) is 16.9 Å². The summed E-state index contributed by atoms with van der Waals surface area (Å²) in [6.07, 6.45) is -6.23. The molecule has 1 fully saturated rings. The lowest BCUT2D eigenvalue weighted by molar-refractivity contribution is -0.143. The van der Waals surface area contributed by atoms with Gasteiger partial charge in [-0.2, -0.15) is 26.3 Å². The molecule has 1 N–H and O–H groups in total. The van der Waals surface area contributed by atoms with E-state index in [0.29, 0.717) is 34.5 Å². The number of nitrogens with zero attached hydrogens (tertiary/aromatic N) is 2. The Labute approximate surface area is 252 Å². The first-order valence-corrected chi connectivity index (χ1v) is 14.1. The van der Waals surface area contributed by atoms with E-state index in [9.17, 15) is 35.5 Å². The Morgan fingerprint density at radius 3 is 2.09 bits per heavy atom. The zero-order chi connectivity index (χ0) is 32.8. The zero-order valence-corrected chi connectivity index (χ0v) is 25.1. The van der Waals surface area contributed by atoms with Gasteiger partial charge >= 0.3 is 12.4 Å². The molecule has 11 heteroatoms. The van der Waals surface area contributed by atoms with Crippen molar-refractivity contribution in [2.75, 3.05) is 11.9 Å². The van der Waals surface area contributed by atoms with Crippen LogP contribution in [-0.2, 0) is 22.6 Å². The van der Waals surface area contributed by atoms with Gasteiger partial charge in [-0.05, 0) is 93.1 Å². The molecule has 4 rings (SSSR count). The third-order valence-electron chi connectivity index (χ3n) is 8.34. The van der Waals surface area contributed by atoms with Crippen LogP contribution in [0.2, 0.25) is 0 Å². The maximum atomic E-state index is 14.0. The number of carbonyl (C=O) groups excluding carboxylic acids is 1. The number of hydrogen-bond acceptors (Lipinski definition) is 3. The van der Waals surface area contributed by atoms with E-state index in [0.717, 1.165) is 24.8 Å². The zero-order valence-electron chi connectivity index (χ0n) is 25.1. The fourth-order valence-electron chi connectivity index (χ4n) is 5.58. The summed E-state index contributed by atoms with van der Waals surface area (Å²) in [5.74, 6) is -1.23. The molecule has 1 aliphatic rings. The number of hydrogen-bond donors (Lipinski definition) is 1. The number of halogens is 7. The number of aromatic nitrogens is 1. The molecule has 3 aromatic rings. The van der Waals surface area contributed by atoms with Crippen LogP contribution in [0.25, 0.3) is 11.1 Å². The fourth-order valence-corrected chi connectivity index (χ4v) is 5.58. The summed E-state index contributed by atoms with van der Waals surface area (Å²) in [4.78, 5) is 19.7. The van der Waals surface area contributed by atoms with Crippen LogP contribution in [0.15, 0.2) is 60.8 Å². The summed E-state index contributed by atoms with van der Waals surface area (Å²) >= 11 is 0. The Morgan fingerprint density at radius 2 is 1.55 bits per heavy atom. The summed E-state index contributed by atoms with van der Waals surface area (Å²) in [6, 6.07) is 7.11. The lowest BCUT2D eigenvalue weighted by Gasteiger charge is -2.32. The lowest BCUT2D eigenvalue weighted by atomic mass is 9.81. The second-order valence-electron chi connectivity index (χ2n) is 11.7. The molecule has 1 aliphatic heterocycles. The van der Waals surface area contributed by atoms with Crippen molar-refractivity contribution in [3.05, 3.63) is 94.6 Å². The smallest absolute Gasteiger partial charge is 0.313 e. The van der Waals surface area contributed by atoms with Crippen molar-refractivity contribution >= 4 is 11.6 Å². The Morgan fingerprint density at radius 1 is 0.955 bits per heavy atom. The Bertz CT molecular complexity index is 1540. The minimum absolute atomic E-state index is 0.0310. The van der Waals surface area contributed by atoms with Gasteiger partial charge in [-0.15, -0.1) is 0 Å². The molecule has 2 aromatic carbocycles. The maximum Gasteiger partial charge on any atom is 0.416 e. The number of aryl methyl sites for hydroxylation is 1. The number of amides is 1. The van der Waals surface area contributed by atoms with Gasteiger partial charge < -0.3 is 10.2 Å². The molecule has 44 heavy (non-hydrogen) atoms. The van der Waals surface area contributed by atoms with Crippen LogP contribution in [0.4, 0.5) is 36.4 Å². The minimum Gasteiger partial charge on any atom is -0.313 e. The number of nitrogens with one attached hydrogen (secondary N) is 1. The van der Waals surface area contributed by atoms with E-state index < -0.39 is 46.2 Å². The standard InChI is InChI=1S/C33H34F7N3O/c1-7-18(2)26-10-11-27(42-26)28-16-25(24-9-8-23(34)12-19(24)3)29(17-41-28)43(6)30(44)31(4,5)20-13-21(32(35,36)37)15-22(14-20)33(38,39)40/h8-9,12-17,26-27,42H,2,7,10-11H2,1,3-6H3/t26-,27-/m0/s1. The van der Waals surface area contributed by atoms with Gasteiger partial charge in [0.2, 0.25) is 5.91 Å². The lowest BCUT2D eigenvalue weighted by Crippen LogP contribution is -2.42. The molecule has 1 aromatic heterocycles. The van der Waals surface area contributed by atoms with Gasteiger partial charge in [-0.25, -0.2) is 4.39 Å². The average Bonchev–Trinajstić information content (AvgIpc) is 3.45. The van der Waals surface area contributed by atoms with Crippen LogP contribution in [0.5, 0.6) is 0 Å². The second-order valence-corrected chi connectivity index (χ2v) is 11.7. The van der Waals surface area contributed by atoms with Crippen molar-refractivity contribution in [2.24, 2.45) is 0 Å². The van der Waals surface area contributed by atoms with E-state index in [1.54, 1.807) is 19.1 Å². The van der Waals surface area contributed by atoms with Gasteiger partial charge in [-0.1, -0.05) is 25.1 Å². The molecule has 1 amide bonds. The third-order valence-corrected chi connectivity index (χ3v) is 8.34. The van der Waals surface area contributed by atoms with Crippen LogP contribution in [0.3, 0.4) is 0 Å². The van der Waals surface area contributed by atoms with Crippen molar-refractivity contribution in [1.82, 2.24) is 10.3 Å². The largest absolute Gasteiger partial charge is 0.416 e. The molecule has 0 unspecified atom stereocenters. The van der Waals surface area contributed by atoms with Crippen molar-refractivity contribution in [1.29, 1.82) is 0 Å². The average molecular weight is 622 g/mol. The Balaban J connectivity index is 1.80. The SMILES string of the molecule is C=C(CC)[C@@H]1CC[C@@H](c2cc(-c3ccc(F)cc3C)c(N(C)C(=O)C(C)(C)c3cc(C(F)(F)F)cc(C(F)(F)F)c3)cn2)N1. The van der Waals surface area contributed by atoms with Gasteiger partial charge in [0, 0.05) is 18.7 Å². The Kier molecular flexibility index (Phi) is 9.04. The molecule has 0 spiro atoms. The van der Waals surface area contributed by atoms with Gasteiger partial charge in [0.25, 0.3) is 0 Å². The van der Waals surface area contributed by atoms with Gasteiger partial charge in [-0.3, -0.25) is 9.78 Å². The molecule has 0 saturated carbocycles. The number of benzene rings is 2. The number of carbonyl (C=O) groups is 1. The summed E-state index contributed by atoms with van der Waals surface area (Å²) < 4.78 is 95.7. The fraction of sp³-hybridized carbons (Fsp3) is 0.394. The van der Waals surface area contributed by atoms with Gasteiger partial charge in [0.15, 0.2) is 0 Å². The van der Waals surface area contributed by atoms with Crippen molar-refractivity contribution in [2.45, 2.75) is 76.8 Å². The number of rotatable bonds is 7.